The van der Waals surface area contributed by atoms with Crippen LogP contribution in [0.4, 0.5) is 4.79 Å². The number of hydrogen-bond donors (Lipinski definition) is 3. The number of aliphatic carboxylic acids is 1. The van der Waals surface area contributed by atoms with Crippen LogP contribution in [0.15, 0.2) is 0 Å². The second-order valence-corrected chi connectivity index (χ2v) is 6.10. The van der Waals surface area contributed by atoms with Crippen molar-refractivity contribution in [2.24, 2.45) is 5.92 Å². The Labute approximate surface area is 115 Å². The molecule has 1 saturated carbocycles. The third-order valence-corrected chi connectivity index (χ3v) is 3.28. The van der Waals surface area contributed by atoms with E-state index in [1.54, 1.807) is 20.8 Å². The number of amides is 2. The van der Waals surface area contributed by atoms with E-state index in [4.69, 9.17) is 9.57 Å². The molecule has 1 aliphatic carbocycles. The van der Waals surface area contributed by atoms with Gasteiger partial charge >= 0.3 is 12.1 Å². The number of carbonyl (C=O) groups is 3. The minimum atomic E-state index is -1.42. The second kappa shape index (κ2) is 4.62. The molecule has 112 valence electrons. The molecule has 3 atom stereocenters. The number of carboxylic acid groups (broad SMARTS) is 1. The molecule has 0 unspecified atom stereocenters. The summed E-state index contributed by atoms with van der Waals surface area (Å²) in [6.07, 6.45) is -1.04. The van der Waals surface area contributed by atoms with Gasteiger partial charge in [0.05, 0.1) is 6.42 Å². The number of hydrogen-bond acceptors (Lipinski definition) is 5. The average Bonchev–Trinajstić information content (AvgIpc) is 2.82. The van der Waals surface area contributed by atoms with Gasteiger partial charge in [-0.15, -0.1) is 0 Å². The first-order chi connectivity index (χ1) is 9.14. The summed E-state index contributed by atoms with van der Waals surface area (Å²) in [5, 5.41) is 11.7. The molecule has 8 heteroatoms. The molecule has 1 heterocycles. The first-order valence-corrected chi connectivity index (χ1v) is 6.33. The van der Waals surface area contributed by atoms with Crippen LogP contribution in [0.1, 0.15) is 33.6 Å². The van der Waals surface area contributed by atoms with Gasteiger partial charge in [-0.1, -0.05) is 0 Å². The number of carboxylic acids is 1. The van der Waals surface area contributed by atoms with Crippen LogP contribution in [0.25, 0.3) is 0 Å². The van der Waals surface area contributed by atoms with E-state index in [-0.39, 0.29) is 18.7 Å². The third kappa shape index (κ3) is 2.84. The lowest BCUT2D eigenvalue weighted by molar-refractivity contribution is -0.142. The number of hydroxylamine groups is 1. The highest BCUT2D eigenvalue weighted by Gasteiger charge is 2.66. The number of carbonyl (C=O) groups excluding carboxylic acids is 2. The van der Waals surface area contributed by atoms with Crippen molar-refractivity contribution in [3.63, 3.8) is 0 Å². The van der Waals surface area contributed by atoms with Crippen LogP contribution in [0, 0.1) is 5.92 Å². The van der Waals surface area contributed by atoms with E-state index in [2.05, 4.69) is 10.8 Å². The molecule has 20 heavy (non-hydrogen) atoms. The van der Waals surface area contributed by atoms with Gasteiger partial charge in [0.15, 0.2) is 0 Å². The van der Waals surface area contributed by atoms with Crippen molar-refractivity contribution in [2.45, 2.75) is 50.9 Å². The molecule has 1 aliphatic heterocycles. The molecule has 2 fully saturated rings. The number of rotatable bonds is 3. The van der Waals surface area contributed by atoms with Crippen LogP contribution in [0.5, 0.6) is 0 Å². The smallest absolute Gasteiger partial charge is 0.408 e. The van der Waals surface area contributed by atoms with Crippen molar-refractivity contribution in [3.05, 3.63) is 0 Å². The predicted octanol–water partition coefficient (Wildman–Crippen LogP) is 0.175. The Kier molecular flexibility index (Phi) is 3.37. The topological polar surface area (TPSA) is 114 Å². The van der Waals surface area contributed by atoms with E-state index in [0.717, 1.165) is 0 Å². The SMILES string of the molecule is CC(C)(C)OC(=O)N[C@]1(C(=O)O)C[C@H]1[C@@H]1CC(=O)NO1. The Morgan fingerprint density at radius 2 is 2.15 bits per heavy atom. The molecular formula is C12H18N2O6. The van der Waals surface area contributed by atoms with E-state index in [0.29, 0.717) is 0 Å². The van der Waals surface area contributed by atoms with E-state index in [1.165, 1.54) is 0 Å². The van der Waals surface area contributed by atoms with Gasteiger partial charge in [0.25, 0.3) is 0 Å². The fraction of sp³-hybridized carbons (Fsp3) is 0.750. The first kappa shape index (κ1) is 14.6. The second-order valence-electron chi connectivity index (χ2n) is 6.10. The minimum Gasteiger partial charge on any atom is -0.479 e. The van der Waals surface area contributed by atoms with Crippen molar-refractivity contribution < 1.29 is 29.1 Å². The van der Waals surface area contributed by atoms with Gasteiger partial charge in [0.1, 0.15) is 17.2 Å². The van der Waals surface area contributed by atoms with E-state index in [1.807, 2.05) is 0 Å². The lowest BCUT2D eigenvalue weighted by atomic mass is 10.1. The lowest BCUT2D eigenvalue weighted by Crippen LogP contribution is -2.48. The van der Waals surface area contributed by atoms with Crippen molar-refractivity contribution in [1.82, 2.24) is 10.8 Å². The molecule has 3 N–H and O–H groups in total. The molecule has 2 aliphatic rings. The Balaban J connectivity index is 2.01. The summed E-state index contributed by atoms with van der Waals surface area (Å²) in [6.45, 7) is 5.06. The minimum absolute atomic E-state index is 0.0930. The molecule has 0 bridgehead atoms. The molecule has 2 rings (SSSR count). The quantitative estimate of drug-likeness (QED) is 0.681. The van der Waals surface area contributed by atoms with Gasteiger partial charge in [-0.2, -0.15) is 0 Å². The maximum atomic E-state index is 11.7. The fourth-order valence-corrected chi connectivity index (χ4v) is 2.30. The standard InChI is InChI=1S/C12H18N2O6/c1-11(2,3)19-10(18)13-12(9(16)17)5-6(12)7-4-8(15)14-20-7/h6-7H,4-5H2,1-3H3,(H,13,18)(H,14,15)(H,16,17)/t6-,7-,12+/m0/s1. The summed E-state index contributed by atoms with van der Waals surface area (Å²) >= 11 is 0. The predicted molar refractivity (Wildman–Crippen MR) is 65.5 cm³/mol. The van der Waals surface area contributed by atoms with Crippen LogP contribution >= 0.6 is 0 Å². The number of alkyl carbamates (subject to hydrolysis) is 1. The largest absolute Gasteiger partial charge is 0.479 e. The molecule has 2 amide bonds. The summed E-state index contributed by atoms with van der Waals surface area (Å²) in [4.78, 5) is 39.2. The Morgan fingerprint density at radius 1 is 1.50 bits per heavy atom. The summed E-state index contributed by atoms with van der Waals surface area (Å²) in [5.74, 6) is -1.90. The fourth-order valence-electron chi connectivity index (χ4n) is 2.30. The Bertz CT molecular complexity index is 457. The Hall–Kier alpha value is -1.83. The molecule has 0 aromatic rings. The number of nitrogens with one attached hydrogen (secondary N) is 2. The van der Waals surface area contributed by atoms with Crippen molar-refractivity contribution in [1.29, 1.82) is 0 Å². The van der Waals surface area contributed by atoms with Gasteiger partial charge < -0.3 is 15.2 Å². The van der Waals surface area contributed by atoms with Gasteiger partial charge in [0, 0.05) is 5.92 Å². The third-order valence-electron chi connectivity index (χ3n) is 3.28. The normalized spacial score (nSPS) is 32.5. The van der Waals surface area contributed by atoms with Gasteiger partial charge in [0.2, 0.25) is 5.91 Å². The van der Waals surface area contributed by atoms with Crippen LogP contribution in [0.3, 0.4) is 0 Å². The van der Waals surface area contributed by atoms with Crippen LogP contribution in [-0.4, -0.2) is 40.3 Å². The monoisotopic (exact) mass is 286 g/mol. The zero-order valence-electron chi connectivity index (χ0n) is 11.6. The zero-order valence-corrected chi connectivity index (χ0v) is 11.6. The van der Waals surface area contributed by atoms with Gasteiger partial charge in [-0.05, 0) is 27.2 Å². The van der Waals surface area contributed by atoms with Crippen LogP contribution in [0.2, 0.25) is 0 Å². The first-order valence-electron chi connectivity index (χ1n) is 6.33. The number of ether oxygens (including phenoxy) is 1. The zero-order chi connectivity index (χ0) is 15.1. The maximum Gasteiger partial charge on any atom is 0.408 e. The summed E-state index contributed by atoms with van der Waals surface area (Å²) in [6, 6.07) is 0. The van der Waals surface area contributed by atoms with Crippen LogP contribution in [-0.2, 0) is 19.2 Å². The van der Waals surface area contributed by atoms with Crippen LogP contribution < -0.4 is 10.8 Å². The molecule has 0 aromatic carbocycles. The molecule has 0 spiro atoms. The highest BCUT2D eigenvalue weighted by atomic mass is 16.7. The van der Waals surface area contributed by atoms with E-state index in [9.17, 15) is 19.5 Å². The van der Waals surface area contributed by atoms with Crippen molar-refractivity contribution in [2.75, 3.05) is 0 Å². The molecule has 0 aromatic heterocycles. The Morgan fingerprint density at radius 3 is 2.60 bits per heavy atom. The average molecular weight is 286 g/mol. The summed E-state index contributed by atoms with van der Waals surface area (Å²) in [7, 11) is 0. The summed E-state index contributed by atoms with van der Waals surface area (Å²) < 4.78 is 5.06. The molecule has 0 radical (unpaired) electrons. The highest BCUT2D eigenvalue weighted by molar-refractivity contribution is 5.89. The summed E-state index contributed by atoms with van der Waals surface area (Å²) in [5.41, 5.74) is 0.0533. The maximum absolute atomic E-state index is 11.7. The molecular weight excluding hydrogens is 268 g/mol. The van der Waals surface area contributed by atoms with Gasteiger partial charge in [-0.25, -0.2) is 15.1 Å². The van der Waals surface area contributed by atoms with E-state index >= 15 is 0 Å². The van der Waals surface area contributed by atoms with Crippen molar-refractivity contribution >= 4 is 18.0 Å². The lowest BCUT2D eigenvalue weighted by Gasteiger charge is -2.22. The molecule has 8 nitrogen and oxygen atoms in total. The van der Waals surface area contributed by atoms with E-state index < -0.39 is 35.2 Å². The van der Waals surface area contributed by atoms with Crippen molar-refractivity contribution in [3.8, 4) is 0 Å². The van der Waals surface area contributed by atoms with Gasteiger partial charge in [-0.3, -0.25) is 9.63 Å². The highest BCUT2D eigenvalue weighted by Crippen LogP contribution is 2.48. The molecule has 1 saturated heterocycles.